The standard InChI is InChI=1S/C24H19FN4O4S/c1-2-32-19-6-4-3-5-17(19)22-26-20(33-27-22)14-28-18-11-12-34-21(18)23(30)29(24(28)31)13-15-7-9-16(25)10-8-15/h3-12H,2,13-14H2,1H3. The van der Waals surface area contributed by atoms with E-state index in [1.165, 1.54) is 28.0 Å². The van der Waals surface area contributed by atoms with Crippen molar-refractivity contribution in [2.75, 3.05) is 6.61 Å². The first-order valence-corrected chi connectivity index (χ1v) is 11.4. The van der Waals surface area contributed by atoms with Crippen LogP contribution in [-0.2, 0) is 13.1 Å². The molecule has 0 atom stereocenters. The number of nitrogens with zero attached hydrogens (tertiary/aromatic N) is 4. The van der Waals surface area contributed by atoms with E-state index >= 15 is 0 Å². The zero-order valence-electron chi connectivity index (χ0n) is 18.1. The highest BCUT2D eigenvalue weighted by molar-refractivity contribution is 7.17. The average molecular weight is 479 g/mol. The third-order valence-electron chi connectivity index (χ3n) is 5.28. The average Bonchev–Trinajstić information content (AvgIpc) is 3.51. The van der Waals surface area contributed by atoms with Gasteiger partial charge in [-0.25, -0.2) is 9.18 Å². The van der Waals surface area contributed by atoms with Gasteiger partial charge in [0.2, 0.25) is 11.7 Å². The molecule has 5 aromatic rings. The summed E-state index contributed by atoms with van der Waals surface area (Å²) in [5, 5.41) is 5.81. The Balaban J connectivity index is 1.54. The van der Waals surface area contributed by atoms with E-state index < -0.39 is 11.2 Å². The van der Waals surface area contributed by atoms with Crippen LogP contribution >= 0.6 is 11.3 Å². The van der Waals surface area contributed by atoms with Gasteiger partial charge in [-0.3, -0.25) is 13.9 Å². The van der Waals surface area contributed by atoms with Crippen molar-refractivity contribution in [3.05, 3.63) is 98.1 Å². The Morgan fingerprint density at radius 2 is 1.82 bits per heavy atom. The maximum absolute atomic E-state index is 13.3. The Morgan fingerprint density at radius 1 is 1.03 bits per heavy atom. The quantitative estimate of drug-likeness (QED) is 0.352. The predicted octanol–water partition coefficient (Wildman–Crippen LogP) is 3.91. The molecule has 3 heterocycles. The fourth-order valence-electron chi connectivity index (χ4n) is 3.69. The minimum Gasteiger partial charge on any atom is -0.493 e. The molecule has 2 aromatic carbocycles. The molecular formula is C24H19FN4O4S. The molecule has 0 N–H and O–H groups in total. The molecule has 0 spiro atoms. The molecule has 10 heteroatoms. The van der Waals surface area contributed by atoms with Gasteiger partial charge in [0.05, 0.1) is 24.2 Å². The fourth-order valence-corrected chi connectivity index (χ4v) is 4.54. The summed E-state index contributed by atoms with van der Waals surface area (Å²) >= 11 is 1.25. The summed E-state index contributed by atoms with van der Waals surface area (Å²) in [4.78, 5) is 30.8. The van der Waals surface area contributed by atoms with Crippen molar-refractivity contribution >= 4 is 21.6 Å². The SMILES string of the molecule is CCOc1ccccc1-c1noc(Cn2c(=O)n(Cc3ccc(F)cc3)c(=O)c3sccc32)n1. The molecule has 0 amide bonds. The van der Waals surface area contributed by atoms with Crippen LogP contribution in [0.4, 0.5) is 4.39 Å². The van der Waals surface area contributed by atoms with Crippen LogP contribution in [0.25, 0.3) is 21.6 Å². The van der Waals surface area contributed by atoms with Crippen LogP contribution in [0, 0.1) is 5.82 Å². The largest absolute Gasteiger partial charge is 0.493 e. The van der Waals surface area contributed by atoms with Gasteiger partial charge in [0, 0.05) is 0 Å². The topological polar surface area (TPSA) is 92.2 Å². The van der Waals surface area contributed by atoms with E-state index in [2.05, 4.69) is 10.1 Å². The van der Waals surface area contributed by atoms with Crippen molar-refractivity contribution in [3.8, 4) is 17.1 Å². The molecule has 3 aromatic heterocycles. The van der Waals surface area contributed by atoms with Crippen LogP contribution in [0.5, 0.6) is 5.75 Å². The molecule has 0 aliphatic carbocycles. The lowest BCUT2D eigenvalue weighted by Gasteiger charge is -2.11. The number of hydrogen-bond donors (Lipinski definition) is 0. The molecule has 0 unspecified atom stereocenters. The van der Waals surface area contributed by atoms with Crippen LogP contribution in [-0.4, -0.2) is 25.9 Å². The van der Waals surface area contributed by atoms with Gasteiger partial charge in [0.1, 0.15) is 22.8 Å². The Labute approximate surface area is 196 Å². The third kappa shape index (κ3) is 4.03. The third-order valence-corrected chi connectivity index (χ3v) is 6.17. The molecule has 0 aliphatic rings. The van der Waals surface area contributed by atoms with Gasteiger partial charge >= 0.3 is 5.69 Å². The number of benzene rings is 2. The number of fused-ring (bicyclic) bond motifs is 1. The van der Waals surface area contributed by atoms with Crippen LogP contribution in [0.3, 0.4) is 0 Å². The maximum atomic E-state index is 13.3. The van der Waals surface area contributed by atoms with Crippen LogP contribution < -0.4 is 16.0 Å². The van der Waals surface area contributed by atoms with Gasteiger partial charge in [-0.05, 0) is 48.2 Å². The number of halogens is 1. The Kier molecular flexibility index (Phi) is 5.81. The van der Waals surface area contributed by atoms with E-state index in [-0.39, 0.29) is 24.8 Å². The molecule has 0 saturated heterocycles. The van der Waals surface area contributed by atoms with Gasteiger partial charge in [-0.1, -0.05) is 29.4 Å². The molecule has 0 saturated carbocycles. The lowest BCUT2D eigenvalue weighted by atomic mass is 10.2. The number of para-hydroxylation sites is 1. The highest BCUT2D eigenvalue weighted by atomic mass is 32.1. The van der Waals surface area contributed by atoms with Crippen LogP contribution in [0.15, 0.2) is 74.1 Å². The molecule has 0 fully saturated rings. The minimum atomic E-state index is -0.519. The molecule has 172 valence electrons. The Hall–Kier alpha value is -4.05. The number of hydrogen-bond acceptors (Lipinski definition) is 7. The molecule has 0 radical (unpaired) electrons. The summed E-state index contributed by atoms with van der Waals surface area (Å²) in [5.41, 5.74) is 0.885. The van der Waals surface area contributed by atoms with Gasteiger partial charge < -0.3 is 9.26 Å². The molecule has 34 heavy (non-hydrogen) atoms. The summed E-state index contributed by atoms with van der Waals surface area (Å²) < 4.78 is 27.4. The van der Waals surface area contributed by atoms with E-state index in [4.69, 9.17) is 9.26 Å². The highest BCUT2D eigenvalue weighted by Gasteiger charge is 2.18. The van der Waals surface area contributed by atoms with Crippen LogP contribution in [0.1, 0.15) is 18.4 Å². The Bertz CT molecular complexity index is 1580. The smallest absolute Gasteiger partial charge is 0.332 e. The monoisotopic (exact) mass is 478 g/mol. The second-order valence-electron chi connectivity index (χ2n) is 7.46. The molecule has 0 bridgehead atoms. The number of rotatable bonds is 7. The zero-order chi connectivity index (χ0) is 23.7. The van der Waals surface area contributed by atoms with Crippen molar-refractivity contribution in [2.45, 2.75) is 20.0 Å². The van der Waals surface area contributed by atoms with Gasteiger partial charge in [0.15, 0.2) is 0 Å². The van der Waals surface area contributed by atoms with Crippen molar-refractivity contribution in [1.29, 1.82) is 0 Å². The molecule has 0 aliphatic heterocycles. The summed E-state index contributed by atoms with van der Waals surface area (Å²) in [6.45, 7) is 2.38. The number of ether oxygens (including phenoxy) is 1. The lowest BCUT2D eigenvalue weighted by molar-refractivity contribution is 0.340. The predicted molar refractivity (Wildman–Crippen MR) is 126 cm³/mol. The summed E-state index contributed by atoms with van der Waals surface area (Å²) in [7, 11) is 0. The second-order valence-corrected chi connectivity index (χ2v) is 8.38. The van der Waals surface area contributed by atoms with Crippen molar-refractivity contribution in [2.24, 2.45) is 0 Å². The number of aromatic nitrogens is 4. The fraction of sp³-hybridized carbons (Fsp3) is 0.167. The van der Waals surface area contributed by atoms with Gasteiger partial charge in [-0.2, -0.15) is 4.98 Å². The summed E-state index contributed by atoms with van der Waals surface area (Å²) in [6, 6.07) is 14.7. The van der Waals surface area contributed by atoms with E-state index in [0.717, 1.165) is 4.57 Å². The van der Waals surface area contributed by atoms with Crippen molar-refractivity contribution in [3.63, 3.8) is 0 Å². The summed E-state index contributed by atoms with van der Waals surface area (Å²) in [5.74, 6) is 0.791. The first-order valence-electron chi connectivity index (χ1n) is 10.5. The highest BCUT2D eigenvalue weighted by Crippen LogP contribution is 2.27. The van der Waals surface area contributed by atoms with E-state index in [1.54, 1.807) is 23.6 Å². The molecular weight excluding hydrogens is 459 g/mol. The first-order chi connectivity index (χ1) is 16.5. The van der Waals surface area contributed by atoms with E-state index in [9.17, 15) is 14.0 Å². The second kappa shape index (κ2) is 9.06. The number of thiophene rings is 1. The minimum absolute atomic E-state index is 0.0143. The summed E-state index contributed by atoms with van der Waals surface area (Å²) in [6.07, 6.45) is 0. The molecule has 8 nitrogen and oxygen atoms in total. The zero-order valence-corrected chi connectivity index (χ0v) is 18.9. The maximum Gasteiger partial charge on any atom is 0.332 e. The lowest BCUT2D eigenvalue weighted by Crippen LogP contribution is -2.40. The Morgan fingerprint density at radius 3 is 2.62 bits per heavy atom. The van der Waals surface area contributed by atoms with E-state index in [1.807, 2.05) is 31.2 Å². The molecule has 5 rings (SSSR count). The van der Waals surface area contributed by atoms with E-state index in [0.29, 0.717) is 39.5 Å². The van der Waals surface area contributed by atoms with Crippen LogP contribution in [0.2, 0.25) is 0 Å². The van der Waals surface area contributed by atoms with Crippen molar-refractivity contribution < 1.29 is 13.7 Å². The van der Waals surface area contributed by atoms with Gasteiger partial charge in [0.25, 0.3) is 5.56 Å². The first kappa shape index (κ1) is 21.8. The van der Waals surface area contributed by atoms with Gasteiger partial charge in [-0.15, -0.1) is 11.3 Å². The normalized spacial score (nSPS) is 11.2. The van der Waals surface area contributed by atoms with Crippen molar-refractivity contribution in [1.82, 2.24) is 19.3 Å².